The summed E-state index contributed by atoms with van der Waals surface area (Å²) in [6.07, 6.45) is 8.88. The zero-order valence-electron chi connectivity index (χ0n) is 25.7. The van der Waals surface area contributed by atoms with Crippen molar-refractivity contribution < 1.29 is 33.4 Å². The lowest BCUT2D eigenvalue weighted by Crippen LogP contribution is -2.52. The van der Waals surface area contributed by atoms with Crippen molar-refractivity contribution in [3.8, 4) is 0 Å². The Kier molecular flexibility index (Phi) is 15.1. The first-order chi connectivity index (χ1) is 21.4. The van der Waals surface area contributed by atoms with Gasteiger partial charge in [-0.15, -0.1) is 12.4 Å². The highest BCUT2D eigenvalue weighted by Crippen LogP contribution is 2.18. The third-order valence-electron chi connectivity index (χ3n) is 8.32. The number of likely N-dealkylation sites (tertiary alicyclic amines) is 2. The second-order valence-electron chi connectivity index (χ2n) is 11.6. The minimum Gasteiger partial charge on any atom is -0.454 e. The van der Waals surface area contributed by atoms with Crippen LogP contribution in [-0.2, 0) is 35.3 Å². The van der Waals surface area contributed by atoms with Gasteiger partial charge in [0.1, 0.15) is 12.6 Å². The van der Waals surface area contributed by atoms with Gasteiger partial charge in [-0.3, -0.25) is 14.4 Å². The van der Waals surface area contributed by atoms with Crippen LogP contribution < -0.4 is 16.0 Å². The number of rotatable bonds is 11. The van der Waals surface area contributed by atoms with E-state index in [1.54, 1.807) is 28.0 Å². The van der Waals surface area contributed by atoms with Crippen LogP contribution in [0.3, 0.4) is 0 Å². The van der Waals surface area contributed by atoms with Crippen LogP contribution in [0.4, 0.5) is 4.79 Å². The van der Waals surface area contributed by atoms with E-state index in [9.17, 15) is 24.0 Å². The molecule has 1 aromatic carbocycles. The molecule has 248 valence electrons. The summed E-state index contributed by atoms with van der Waals surface area (Å²) in [7, 11) is 0. The molecule has 1 aromatic rings. The van der Waals surface area contributed by atoms with Crippen LogP contribution >= 0.6 is 12.4 Å². The number of carbonyl (C=O) groups excluding carboxylic acids is 5. The molecule has 0 spiro atoms. The smallest absolute Gasteiger partial charge is 0.408 e. The molecule has 45 heavy (non-hydrogen) atoms. The topological polar surface area (TPSA) is 146 Å². The second-order valence-corrected chi connectivity index (χ2v) is 11.6. The molecule has 13 heteroatoms. The fraction of sp³-hybridized carbons (Fsp3) is 0.594. The molecule has 0 unspecified atom stereocenters. The minimum atomic E-state index is -1.27. The summed E-state index contributed by atoms with van der Waals surface area (Å²) in [5, 5.41) is 8.52. The third kappa shape index (κ3) is 12.0. The molecule has 12 nitrogen and oxygen atoms in total. The maximum Gasteiger partial charge on any atom is 0.408 e. The van der Waals surface area contributed by atoms with Gasteiger partial charge in [-0.25, -0.2) is 9.59 Å². The highest BCUT2D eigenvalue weighted by Gasteiger charge is 2.30. The minimum absolute atomic E-state index is 0. The first kappa shape index (κ1) is 35.8. The van der Waals surface area contributed by atoms with Crippen molar-refractivity contribution in [3.63, 3.8) is 0 Å². The highest BCUT2D eigenvalue weighted by molar-refractivity contribution is 5.89. The van der Waals surface area contributed by atoms with Crippen LogP contribution in [0.2, 0.25) is 0 Å². The Morgan fingerprint density at radius 3 is 2.36 bits per heavy atom. The van der Waals surface area contributed by atoms with E-state index in [1.807, 2.05) is 24.3 Å². The number of esters is 1. The molecular formula is C32H46ClN5O7. The SMILES string of the molecule is Cl.O=C(N[C@@H](CNC(=O)[C@@H]1CCCN(C(=O)/C=C/C2CCNCC2)C1)C(=O)OCC(=O)N1CCCCC1)OCc1ccccc1. The molecule has 4 rings (SSSR count). The lowest BCUT2D eigenvalue weighted by atomic mass is 9.96. The van der Waals surface area contributed by atoms with Crippen LogP contribution in [0.1, 0.15) is 50.5 Å². The van der Waals surface area contributed by atoms with E-state index >= 15 is 0 Å². The average Bonchev–Trinajstić information content (AvgIpc) is 3.08. The average molecular weight is 648 g/mol. The third-order valence-corrected chi connectivity index (χ3v) is 8.32. The van der Waals surface area contributed by atoms with E-state index in [0.29, 0.717) is 38.4 Å². The van der Waals surface area contributed by atoms with Crippen molar-refractivity contribution in [3.05, 3.63) is 48.0 Å². The van der Waals surface area contributed by atoms with E-state index in [4.69, 9.17) is 9.47 Å². The first-order valence-corrected chi connectivity index (χ1v) is 15.8. The number of amides is 4. The van der Waals surface area contributed by atoms with Gasteiger partial charge in [-0.2, -0.15) is 0 Å². The van der Waals surface area contributed by atoms with Crippen LogP contribution in [0.15, 0.2) is 42.5 Å². The number of allylic oxidation sites excluding steroid dienone is 1. The van der Waals surface area contributed by atoms with Crippen molar-refractivity contribution in [2.75, 3.05) is 52.4 Å². The van der Waals surface area contributed by atoms with Gasteiger partial charge in [-0.05, 0) is 75.6 Å². The number of hydrogen-bond acceptors (Lipinski definition) is 8. The number of halogens is 1. The molecular weight excluding hydrogens is 602 g/mol. The number of alkyl carbamates (subject to hydrolysis) is 1. The Hall–Kier alpha value is -3.64. The zero-order chi connectivity index (χ0) is 31.1. The molecule has 3 heterocycles. The van der Waals surface area contributed by atoms with Gasteiger partial charge >= 0.3 is 12.1 Å². The Morgan fingerprint density at radius 2 is 1.62 bits per heavy atom. The summed E-state index contributed by atoms with van der Waals surface area (Å²) in [6, 6.07) is 7.80. The predicted molar refractivity (Wildman–Crippen MR) is 169 cm³/mol. The molecule has 3 N–H and O–H groups in total. The molecule has 3 fully saturated rings. The maximum absolute atomic E-state index is 13.1. The fourth-order valence-electron chi connectivity index (χ4n) is 5.67. The normalized spacial score (nSPS) is 19.6. The molecule has 0 radical (unpaired) electrons. The summed E-state index contributed by atoms with van der Waals surface area (Å²) in [5.41, 5.74) is 0.768. The number of nitrogens with zero attached hydrogens (tertiary/aromatic N) is 2. The van der Waals surface area contributed by atoms with Crippen LogP contribution in [0.25, 0.3) is 0 Å². The Labute approximate surface area is 271 Å². The van der Waals surface area contributed by atoms with Gasteiger partial charge in [0.25, 0.3) is 5.91 Å². The van der Waals surface area contributed by atoms with Gasteiger partial charge in [-0.1, -0.05) is 36.4 Å². The number of hydrogen-bond donors (Lipinski definition) is 3. The zero-order valence-corrected chi connectivity index (χ0v) is 26.6. The largest absolute Gasteiger partial charge is 0.454 e. The number of benzene rings is 1. The molecule has 3 aliphatic heterocycles. The van der Waals surface area contributed by atoms with Crippen LogP contribution in [0.5, 0.6) is 0 Å². The van der Waals surface area contributed by atoms with Crippen LogP contribution in [0, 0.1) is 11.8 Å². The lowest BCUT2D eigenvalue weighted by molar-refractivity contribution is -0.154. The summed E-state index contributed by atoms with van der Waals surface area (Å²) >= 11 is 0. The molecule has 0 aromatic heterocycles. The van der Waals surface area contributed by atoms with E-state index in [2.05, 4.69) is 16.0 Å². The number of nitrogens with one attached hydrogen (secondary N) is 3. The Morgan fingerprint density at radius 1 is 0.911 bits per heavy atom. The number of ether oxygens (including phenoxy) is 2. The Bertz CT molecular complexity index is 1160. The van der Waals surface area contributed by atoms with Crippen molar-refractivity contribution in [2.45, 2.75) is 57.6 Å². The van der Waals surface area contributed by atoms with Gasteiger partial charge in [0.2, 0.25) is 11.8 Å². The standard InChI is InChI=1S/C32H45N5O7.ClH/c38-28(12-11-24-13-15-33-16-14-24)37-19-7-10-26(21-37)30(40)34-20-27(35-32(42)44-22-25-8-3-1-4-9-25)31(41)43-23-29(39)36-17-5-2-6-18-36;/h1,3-4,8-9,11-12,24,26-27,33H,2,5-7,10,13-23H2,(H,34,40)(H,35,42);1H/b12-11+;/t26-,27+;/m1./s1. The molecule has 0 bridgehead atoms. The van der Waals surface area contributed by atoms with E-state index in [1.165, 1.54) is 0 Å². The molecule has 4 amide bonds. The molecule has 3 aliphatic rings. The second kappa shape index (κ2) is 19.0. The molecule has 3 saturated heterocycles. The lowest BCUT2D eigenvalue weighted by Gasteiger charge is -2.32. The van der Waals surface area contributed by atoms with Gasteiger partial charge in [0, 0.05) is 32.7 Å². The maximum atomic E-state index is 13.1. The van der Waals surface area contributed by atoms with E-state index in [-0.39, 0.29) is 49.8 Å². The van der Waals surface area contributed by atoms with Crippen LogP contribution in [-0.4, -0.2) is 98.0 Å². The number of piperidine rings is 3. The first-order valence-electron chi connectivity index (χ1n) is 15.8. The molecule has 0 saturated carbocycles. The summed E-state index contributed by atoms with van der Waals surface area (Å²) in [5.74, 6) is -1.66. The highest BCUT2D eigenvalue weighted by atomic mass is 35.5. The summed E-state index contributed by atoms with van der Waals surface area (Å²) < 4.78 is 10.5. The summed E-state index contributed by atoms with van der Waals surface area (Å²) in [4.78, 5) is 67.4. The van der Waals surface area contributed by atoms with E-state index < -0.39 is 30.6 Å². The quantitative estimate of drug-likeness (QED) is 0.245. The van der Waals surface area contributed by atoms with Crippen molar-refractivity contribution in [2.24, 2.45) is 11.8 Å². The van der Waals surface area contributed by atoms with Gasteiger partial charge < -0.3 is 35.2 Å². The summed E-state index contributed by atoms with van der Waals surface area (Å²) in [6.45, 7) is 3.26. The van der Waals surface area contributed by atoms with Crippen molar-refractivity contribution in [1.82, 2.24) is 25.8 Å². The molecule has 2 atom stereocenters. The van der Waals surface area contributed by atoms with Gasteiger partial charge in [0.05, 0.1) is 5.92 Å². The van der Waals surface area contributed by atoms with Crippen molar-refractivity contribution in [1.29, 1.82) is 0 Å². The van der Waals surface area contributed by atoms with Gasteiger partial charge in [0.15, 0.2) is 6.61 Å². The predicted octanol–water partition coefficient (Wildman–Crippen LogP) is 2.17. The monoisotopic (exact) mass is 647 g/mol. The van der Waals surface area contributed by atoms with E-state index in [0.717, 1.165) is 50.8 Å². The number of carbonyl (C=O) groups is 5. The van der Waals surface area contributed by atoms with Crippen molar-refractivity contribution >= 4 is 42.2 Å². The molecule has 0 aliphatic carbocycles. The fourth-order valence-corrected chi connectivity index (χ4v) is 5.67. The Balaban J connectivity index is 0.00000552.